The Bertz CT molecular complexity index is 1210. The molecule has 8 nitrogen and oxygen atoms in total. The minimum absolute atomic E-state index is 0.175. The summed E-state index contributed by atoms with van der Waals surface area (Å²) in [5.41, 5.74) is 1.10. The van der Waals surface area contributed by atoms with Crippen LogP contribution in [0.3, 0.4) is 0 Å². The minimum atomic E-state index is -3.64. The average Bonchev–Trinajstić information content (AvgIpc) is 3.13. The van der Waals surface area contributed by atoms with Crippen LogP contribution in [0.1, 0.15) is 16.1 Å². The number of benzene rings is 2. The molecule has 0 bridgehead atoms. The molecule has 0 radical (unpaired) electrons. The zero-order valence-corrected chi connectivity index (χ0v) is 18.4. The Morgan fingerprint density at radius 3 is 2.16 bits per heavy atom. The van der Waals surface area contributed by atoms with Gasteiger partial charge in [0, 0.05) is 31.6 Å². The second-order valence-corrected chi connectivity index (χ2v) is 9.21. The second kappa shape index (κ2) is 8.24. The van der Waals surface area contributed by atoms with Gasteiger partial charge in [-0.3, -0.25) is 4.79 Å². The number of hydrogen-bond donors (Lipinski definition) is 0. The van der Waals surface area contributed by atoms with E-state index in [9.17, 15) is 13.2 Å². The molecule has 0 unspecified atom stereocenters. The Morgan fingerprint density at radius 1 is 0.935 bits per heavy atom. The molecule has 0 atom stereocenters. The highest BCUT2D eigenvalue weighted by molar-refractivity contribution is 7.89. The van der Waals surface area contributed by atoms with Crippen LogP contribution in [-0.4, -0.2) is 63.9 Å². The van der Waals surface area contributed by atoms with Gasteiger partial charge in [0.05, 0.1) is 24.7 Å². The van der Waals surface area contributed by atoms with Crippen molar-refractivity contribution in [2.75, 3.05) is 40.4 Å². The summed E-state index contributed by atoms with van der Waals surface area (Å²) in [7, 11) is -0.541. The number of piperazine rings is 1. The highest BCUT2D eigenvalue weighted by atomic mass is 32.2. The van der Waals surface area contributed by atoms with Gasteiger partial charge in [-0.25, -0.2) is 8.42 Å². The van der Waals surface area contributed by atoms with Gasteiger partial charge in [0.2, 0.25) is 10.0 Å². The summed E-state index contributed by atoms with van der Waals surface area (Å²) >= 11 is 0. The number of hydrogen-bond acceptors (Lipinski definition) is 6. The summed E-state index contributed by atoms with van der Waals surface area (Å²) in [4.78, 5) is 15.1. The van der Waals surface area contributed by atoms with Crippen LogP contribution >= 0.6 is 0 Å². The smallest absolute Gasteiger partial charge is 0.258 e. The maximum Gasteiger partial charge on any atom is 0.258 e. The van der Waals surface area contributed by atoms with E-state index in [1.165, 1.54) is 23.5 Å². The lowest BCUT2D eigenvalue weighted by Gasteiger charge is -2.34. The van der Waals surface area contributed by atoms with Crippen molar-refractivity contribution in [2.24, 2.45) is 0 Å². The van der Waals surface area contributed by atoms with E-state index in [0.717, 1.165) is 0 Å². The molecule has 31 heavy (non-hydrogen) atoms. The van der Waals surface area contributed by atoms with Crippen molar-refractivity contribution >= 4 is 26.9 Å². The van der Waals surface area contributed by atoms with Gasteiger partial charge in [-0.05, 0) is 49.4 Å². The van der Waals surface area contributed by atoms with Crippen molar-refractivity contribution in [3.63, 3.8) is 0 Å². The van der Waals surface area contributed by atoms with Gasteiger partial charge in [0.25, 0.3) is 5.91 Å². The van der Waals surface area contributed by atoms with E-state index in [1.807, 2.05) is 0 Å². The molecule has 2 aromatic carbocycles. The number of amides is 1. The van der Waals surface area contributed by atoms with E-state index < -0.39 is 10.0 Å². The van der Waals surface area contributed by atoms with Crippen LogP contribution in [0.4, 0.5) is 0 Å². The van der Waals surface area contributed by atoms with E-state index in [1.54, 1.807) is 49.3 Å². The Morgan fingerprint density at radius 2 is 1.55 bits per heavy atom. The number of furan rings is 1. The first-order valence-electron chi connectivity index (χ1n) is 9.86. The average molecular weight is 445 g/mol. The number of ether oxygens (including phenoxy) is 2. The Labute approximate surface area is 181 Å². The summed E-state index contributed by atoms with van der Waals surface area (Å²) in [5.74, 6) is 1.58. The van der Waals surface area contributed by atoms with Crippen molar-refractivity contribution in [3.05, 3.63) is 53.8 Å². The van der Waals surface area contributed by atoms with Crippen LogP contribution in [0.25, 0.3) is 11.0 Å². The molecule has 1 amide bonds. The van der Waals surface area contributed by atoms with Crippen LogP contribution < -0.4 is 9.47 Å². The minimum Gasteiger partial charge on any atom is -0.497 e. The monoisotopic (exact) mass is 444 g/mol. The number of rotatable bonds is 5. The molecule has 1 aliphatic heterocycles. The van der Waals surface area contributed by atoms with Crippen LogP contribution in [0, 0.1) is 6.92 Å². The van der Waals surface area contributed by atoms with Crippen molar-refractivity contribution in [1.29, 1.82) is 0 Å². The molecule has 4 rings (SSSR count). The van der Waals surface area contributed by atoms with E-state index >= 15 is 0 Å². The summed E-state index contributed by atoms with van der Waals surface area (Å²) < 4.78 is 43.4. The van der Waals surface area contributed by atoms with Crippen molar-refractivity contribution < 1.29 is 27.1 Å². The van der Waals surface area contributed by atoms with Crippen LogP contribution in [-0.2, 0) is 10.0 Å². The maximum atomic E-state index is 13.2. The van der Waals surface area contributed by atoms with Gasteiger partial charge in [0.15, 0.2) is 0 Å². The van der Waals surface area contributed by atoms with Crippen LogP contribution in [0.15, 0.2) is 51.8 Å². The third-order valence-corrected chi connectivity index (χ3v) is 7.42. The zero-order valence-electron chi connectivity index (χ0n) is 17.6. The molecule has 1 saturated heterocycles. The lowest BCUT2D eigenvalue weighted by atomic mass is 10.1. The molecule has 0 N–H and O–H groups in total. The number of aryl methyl sites for hydroxylation is 1. The van der Waals surface area contributed by atoms with Gasteiger partial charge in [0.1, 0.15) is 22.8 Å². The number of methoxy groups -OCH3 is 2. The van der Waals surface area contributed by atoms with Gasteiger partial charge in [-0.15, -0.1) is 0 Å². The highest BCUT2D eigenvalue weighted by Crippen LogP contribution is 2.30. The van der Waals surface area contributed by atoms with Gasteiger partial charge in [-0.1, -0.05) is 0 Å². The Balaban J connectivity index is 1.51. The van der Waals surface area contributed by atoms with Crippen molar-refractivity contribution in [1.82, 2.24) is 9.21 Å². The molecular formula is C22H24N2O6S. The van der Waals surface area contributed by atoms with E-state index in [-0.39, 0.29) is 23.9 Å². The fourth-order valence-corrected chi connectivity index (χ4v) is 5.20. The lowest BCUT2D eigenvalue weighted by molar-refractivity contribution is 0.0698. The molecule has 1 fully saturated rings. The number of carbonyl (C=O) groups excluding carboxylic acids is 1. The summed E-state index contributed by atoms with van der Waals surface area (Å²) in [6, 6.07) is 11.6. The molecule has 164 valence electrons. The molecule has 0 saturated carbocycles. The third-order valence-electron chi connectivity index (χ3n) is 5.51. The first-order valence-corrected chi connectivity index (χ1v) is 11.3. The van der Waals surface area contributed by atoms with Crippen LogP contribution in [0.2, 0.25) is 0 Å². The first-order chi connectivity index (χ1) is 14.8. The maximum absolute atomic E-state index is 13.2. The Hall–Kier alpha value is -3.04. The normalized spacial score (nSPS) is 15.3. The lowest BCUT2D eigenvalue weighted by Crippen LogP contribution is -2.50. The number of carbonyl (C=O) groups is 1. The van der Waals surface area contributed by atoms with Gasteiger partial charge >= 0.3 is 0 Å². The van der Waals surface area contributed by atoms with E-state index in [4.69, 9.17) is 13.9 Å². The van der Waals surface area contributed by atoms with E-state index in [2.05, 4.69) is 0 Å². The van der Waals surface area contributed by atoms with Crippen molar-refractivity contribution in [2.45, 2.75) is 11.8 Å². The quantitative estimate of drug-likeness (QED) is 0.601. The fraction of sp³-hybridized carbons (Fsp3) is 0.318. The first kappa shape index (κ1) is 21.2. The molecule has 1 aromatic heterocycles. The standard InChI is InChI=1S/C22H24N2O6S/c1-15-21(19-14-17(29-3)6-9-20(19)30-15)22(25)23-10-12-24(13-11-23)31(26,27)18-7-4-16(28-2)5-8-18/h4-9,14H,10-13H2,1-3H3. The predicted molar refractivity (Wildman–Crippen MR) is 115 cm³/mol. The number of sulfonamides is 1. The van der Waals surface area contributed by atoms with Crippen LogP contribution in [0.5, 0.6) is 11.5 Å². The van der Waals surface area contributed by atoms with E-state index in [0.29, 0.717) is 46.9 Å². The largest absolute Gasteiger partial charge is 0.497 e. The fourth-order valence-electron chi connectivity index (χ4n) is 3.78. The molecule has 0 aliphatic carbocycles. The Kier molecular flexibility index (Phi) is 5.63. The summed E-state index contributed by atoms with van der Waals surface area (Å²) in [5, 5.41) is 0.690. The zero-order chi connectivity index (χ0) is 22.2. The molecule has 1 aliphatic rings. The molecular weight excluding hydrogens is 420 g/mol. The molecule has 0 spiro atoms. The second-order valence-electron chi connectivity index (χ2n) is 7.27. The predicted octanol–water partition coefficient (Wildman–Crippen LogP) is 2.91. The van der Waals surface area contributed by atoms with Gasteiger partial charge < -0.3 is 18.8 Å². The third kappa shape index (κ3) is 3.86. The van der Waals surface area contributed by atoms with Gasteiger partial charge in [-0.2, -0.15) is 4.31 Å². The highest BCUT2D eigenvalue weighted by Gasteiger charge is 2.32. The molecule has 9 heteroatoms. The number of nitrogens with zero attached hydrogens (tertiary/aromatic N) is 2. The molecule has 2 heterocycles. The molecule has 3 aromatic rings. The SMILES string of the molecule is COc1ccc(S(=O)(=O)N2CCN(C(=O)c3c(C)oc4ccc(OC)cc34)CC2)cc1. The van der Waals surface area contributed by atoms with Crippen molar-refractivity contribution in [3.8, 4) is 11.5 Å². The topological polar surface area (TPSA) is 89.3 Å². The number of fused-ring (bicyclic) bond motifs is 1. The summed E-state index contributed by atoms with van der Waals surface area (Å²) in [6.07, 6.45) is 0. The summed E-state index contributed by atoms with van der Waals surface area (Å²) in [6.45, 7) is 2.79.